The molecule has 0 bridgehead atoms. The first-order chi connectivity index (χ1) is 11.1. The van der Waals surface area contributed by atoms with E-state index in [4.69, 9.17) is 4.74 Å². The molecule has 2 fully saturated rings. The fraction of sp³-hybridized carbons (Fsp3) is 0.588. The summed E-state index contributed by atoms with van der Waals surface area (Å²) >= 11 is 0. The third-order valence-electron chi connectivity index (χ3n) is 4.51. The Morgan fingerprint density at radius 1 is 1.26 bits per heavy atom. The maximum atomic E-state index is 12.0. The highest BCUT2D eigenvalue weighted by atomic mass is 32.2. The van der Waals surface area contributed by atoms with Gasteiger partial charge in [0, 0.05) is 41.1 Å². The highest BCUT2D eigenvalue weighted by Gasteiger charge is 2.36. The van der Waals surface area contributed by atoms with Crippen LogP contribution >= 0.6 is 0 Å². The molecule has 2 N–H and O–H groups in total. The molecule has 2 aliphatic rings. The van der Waals surface area contributed by atoms with Crippen molar-refractivity contribution in [1.82, 2.24) is 10.6 Å². The molecule has 0 spiro atoms. The number of ether oxygens (including phenoxy) is 1. The summed E-state index contributed by atoms with van der Waals surface area (Å²) in [6, 6.07) is 7.55. The Hall–Kier alpha value is -1.40. The Morgan fingerprint density at radius 2 is 2.00 bits per heavy atom. The first kappa shape index (κ1) is 16.5. The molecule has 126 valence electrons. The van der Waals surface area contributed by atoms with E-state index in [1.807, 2.05) is 24.3 Å². The summed E-state index contributed by atoms with van der Waals surface area (Å²) in [6.07, 6.45) is 6.33. The normalized spacial score (nSPS) is 25.6. The molecule has 0 radical (unpaired) electrons. The quantitative estimate of drug-likeness (QED) is 0.866. The molecule has 1 aromatic rings. The summed E-state index contributed by atoms with van der Waals surface area (Å²) in [7, 11) is -0.969. The number of nitrogens with one attached hydrogen (secondary N) is 2. The number of carbonyl (C=O) groups is 1. The van der Waals surface area contributed by atoms with Crippen LogP contribution in [0, 0.1) is 5.92 Å². The molecule has 23 heavy (non-hydrogen) atoms. The lowest BCUT2D eigenvalue weighted by molar-refractivity contribution is -0.00914. The van der Waals surface area contributed by atoms with Crippen LogP contribution in [0.5, 0.6) is 0 Å². The number of amides is 2. The average Bonchev–Trinajstić information content (AvgIpc) is 3.38. The van der Waals surface area contributed by atoms with Crippen LogP contribution in [0.4, 0.5) is 4.79 Å². The van der Waals surface area contributed by atoms with Gasteiger partial charge in [0.2, 0.25) is 0 Å². The minimum Gasteiger partial charge on any atom is -0.378 e. The first-order valence-corrected chi connectivity index (χ1v) is 9.76. The monoisotopic (exact) mass is 336 g/mol. The van der Waals surface area contributed by atoms with Crippen molar-refractivity contribution in [3.8, 4) is 0 Å². The predicted molar refractivity (Wildman–Crippen MR) is 89.6 cm³/mol. The molecule has 1 saturated heterocycles. The molecule has 2 amide bonds. The standard InChI is InChI=1S/C17H24N2O3S/c1-23(21)15-6-2-12(3-7-15)11-18-17(20)19-14-8-9-22-16(10-14)13-4-5-13/h2-3,6-7,13-14,16H,4-5,8-11H2,1H3,(H2,18,19,20)/t14-,16-,23+/m0/s1. The maximum absolute atomic E-state index is 12.0. The summed E-state index contributed by atoms with van der Waals surface area (Å²) in [5.41, 5.74) is 0.997. The van der Waals surface area contributed by atoms with Crippen LogP contribution < -0.4 is 10.6 Å². The Bertz CT molecular complexity index is 572. The number of urea groups is 1. The van der Waals surface area contributed by atoms with Crippen molar-refractivity contribution in [2.24, 2.45) is 5.92 Å². The second-order valence-corrected chi connectivity index (χ2v) is 7.77. The Balaban J connectivity index is 1.42. The van der Waals surface area contributed by atoms with Crippen molar-refractivity contribution in [3.05, 3.63) is 29.8 Å². The summed E-state index contributed by atoms with van der Waals surface area (Å²) in [4.78, 5) is 12.8. The smallest absolute Gasteiger partial charge is 0.315 e. The topological polar surface area (TPSA) is 67.4 Å². The zero-order chi connectivity index (χ0) is 16.2. The van der Waals surface area contributed by atoms with Gasteiger partial charge in [-0.15, -0.1) is 0 Å². The molecule has 1 aliphatic carbocycles. The summed E-state index contributed by atoms with van der Waals surface area (Å²) in [5, 5.41) is 5.94. The van der Waals surface area contributed by atoms with Gasteiger partial charge < -0.3 is 15.4 Å². The molecule has 6 heteroatoms. The highest BCUT2D eigenvalue weighted by molar-refractivity contribution is 7.84. The Labute approximate surface area is 139 Å². The molecular formula is C17H24N2O3S. The Kier molecular flexibility index (Phi) is 5.33. The van der Waals surface area contributed by atoms with E-state index in [1.165, 1.54) is 12.8 Å². The summed E-state index contributed by atoms with van der Waals surface area (Å²) in [6.45, 7) is 1.21. The van der Waals surface area contributed by atoms with E-state index in [-0.39, 0.29) is 12.1 Å². The van der Waals surface area contributed by atoms with Gasteiger partial charge in [0.05, 0.1) is 6.10 Å². The van der Waals surface area contributed by atoms with Gasteiger partial charge >= 0.3 is 6.03 Å². The summed E-state index contributed by atoms with van der Waals surface area (Å²) in [5.74, 6) is 0.713. The van der Waals surface area contributed by atoms with Crippen molar-refractivity contribution < 1.29 is 13.7 Å². The van der Waals surface area contributed by atoms with Crippen molar-refractivity contribution in [3.63, 3.8) is 0 Å². The lowest BCUT2D eigenvalue weighted by Gasteiger charge is -2.30. The van der Waals surface area contributed by atoms with Gasteiger partial charge in [-0.2, -0.15) is 0 Å². The predicted octanol–water partition coefficient (Wildman–Crippen LogP) is 2.18. The van der Waals surface area contributed by atoms with E-state index in [0.717, 1.165) is 29.9 Å². The molecule has 1 aromatic carbocycles. The minimum atomic E-state index is -0.969. The molecular weight excluding hydrogens is 312 g/mol. The summed E-state index contributed by atoms with van der Waals surface area (Å²) < 4.78 is 17.1. The lowest BCUT2D eigenvalue weighted by Crippen LogP contribution is -2.46. The highest BCUT2D eigenvalue weighted by Crippen LogP contribution is 2.38. The SMILES string of the molecule is C[S@@](=O)c1ccc(CNC(=O)N[C@H]2CCO[C@H](C3CC3)C2)cc1. The van der Waals surface area contributed by atoms with Gasteiger partial charge in [0.15, 0.2) is 0 Å². The first-order valence-electron chi connectivity index (χ1n) is 8.20. The number of hydrogen-bond donors (Lipinski definition) is 2. The molecule has 1 saturated carbocycles. The second kappa shape index (κ2) is 7.45. The number of rotatable bonds is 5. The largest absolute Gasteiger partial charge is 0.378 e. The van der Waals surface area contributed by atoms with E-state index in [1.54, 1.807) is 6.26 Å². The molecule has 3 rings (SSSR count). The van der Waals surface area contributed by atoms with Gasteiger partial charge in [-0.25, -0.2) is 4.79 Å². The van der Waals surface area contributed by atoms with Crippen molar-refractivity contribution in [1.29, 1.82) is 0 Å². The van der Waals surface area contributed by atoms with Gasteiger partial charge in [-0.05, 0) is 49.3 Å². The zero-order valence-corrected chi connectivity index (χ0v) is 14.2. The van der Waals surface area contributed by atoms with Crippen molar-refractivity contribution in [2.75, 3.05) is 12.9 Å². The maximum Gasteiger partial charge on any atom is 0.315 e. The van der Waals surface area contributed by atoms with Crippen LogP contribution in [-0.4, -0.2) is 35.2 Å². The van der Waals surface area contributed by atoms with Crippen molar-refractivity contribution >= 4 is 16.8 Å². The van der Waals surface area contributed by atoms with Gasteiger partial charge in [0.25, 0.3) is 0 Å². The second-order valence-electron chi connectivity index (χ2n) is 6.39. The fourth-order valence-corrected chi connectivity index (χ4v) is 3.49. The zero-order valence-electron chi connectivity index (χ0n) is 13.4. The molecule has 5 nitrogen and oxygen atoms in total. The fourth-order valence-electron chi connectivity index (χ4n) is 2.97. The Morgan fingerprint density at radius 3 is 2.65 bits per heavy atom. The van der Waals surface area contributed by atoms with E-state index in [0.29, 0.717) is 18.6 Å². The van der Waals surface area contributed by atoms with Crippen LogP contribution in [0.25, 0.3) is 0 Å². The van der Waals surface area contributed by atoms with Gasteiger partial charge in [-0.1, -0.05) is 12.1 Å². The molecule has 1 heterocycles. The van der Waals surface area contributed by atoms with Crippen LogP contribution in [0.15, 0.2) is 29.2 Å². The van der Waals surface area contributed by atoms with Gasteiger partial charge in [0.1, 0.15) is 0 Å². The van der Waals surface area contributed by atoms with Crippen LogP contribution in [0.2, 0.25) is 0 Å². The third kappa shape index (κ3) is 4.78. The number of carbonyl (C=O) groups excluding carboxylic acids is 1. The average molecular weight is 336 g/mol. The minimum absolute atomic E-state index is 0.130. The molecule has 1 aliphatic heterocycles. The third-order valence-corrected chi connectivity index (χ3v) is 5.44. The van der Waals surface area contributed by atoms with Crippen LogP contribution in [0.3, 0.4) is 0 Å². The lowest BCUT2D eigenvalue weighted by atomic mass is 10.0. The molecule has 0 unspecified atom stereocenters. The number of hydrogen-bond acceptors (Lipinski definition) is 3. The molecule has 0 aromatic heterocycles. The molecule has 3 atom stereocenters. The van der Waals surface area contributed by atoms with Crippen molar-refractivity contribution in [2.45, 2.75) is 49.3 Å². The van der Waals surface area contributed by atoms with E-state index < -0.39 is 10.8 Å². The van der Waals surface area contributed by atoms with Gasteiger partial charge in [-0.3, -0.25) is 4.21 Å². The van der Waals surface area contributed by atoms with Crippen LogP contribution in [0.1, 0.15) is 31.2 Å². The van der Waals surface area contributed by atoms with E-state index in [9.17, 15) is 9.00 Å². The van der Waals surface area contributed by atoms with Crippen LogP contribution in [-0.2, 0) is 22.1 Å². The number of benzene rings is 1. The van der Waals surface area contributed by atoms with E-state index >= 15 is 0 Å². The van der Waals surface area contributed by atoms with E-state index in [2.05, 4.69) is 10.6 Å².